The first-order valence-corrected chi connectivity index (χ1v) is 10.9. The molecule has 0 amide bonds. The maximum Gasteiger partial charge on any atom is 0.279 e. The predicted molar refractivity (Wildman–Crippen MR) is 104 cm³/mol. The van der Waals surface area contributed by atoms with E-state index in [1.54, 1.807) is 19.1 Å². The fourth-order valence-electron chi connectivity index (χ4n) is 1.99. The van der Waals surface area contributed by atoms with Gasteiger partial charge in [-0.3, -0.25) is 0 Å². The molecule has 1 aromatic rings. The minimum Gasteiger partial charge on any atom is -0.196 e. The summed E-state index contributed by atoms with van der Waals surface area (Å²) >= 11 is 0. The van der Waals surface area contributed by atoms with Gasteiger partial charge >= 0.3 is 0 Å². The molecule has 0 unspecified atom stereocenters. The summed E-state index contributed by atoms with van der Waals surface area (Å²) in [5, 5.41) is 0. The van der Waals surface area contributed by atoms with Crippen LogP contribution in [0.3, 0.4) is 0 Å². The Bertz CT molecular complexity index is 791. The molecule has 0 saturated heterocycles. The molecule has 0 aliphatic heterocycles. The highest BCUT2D eigenvalue weighted by Crippen LogP contribution is 2.07. The van der Waals surface area contributed by atoms with Gasteiger partial charge in [0.25, 0.3) is 20.4 Å². The predicted octanol–water partition coefficient (Wildman–Crippen LogP) is 0.334. The molecular formula is C16H28N4O4S2. The number of hydrogen-bond acceptors (Lipinski definition) is 4. The van der Waals surface area contributed by atoms with E-state index in [1.165, 1.54) is 28.2 Å². The van der Waals surface area contributed by atoms with Crippen LogP contribution >= 0.6 is 0 Å². The van der Waals surface area contributed by atoms with Crippen LogP contribution in [0.25, 0.3) is 0 Å². The van der Waals surface area contributed by atoms with Crippen LogP contribution in [0, 0.1) is 0 Å². The number of benzene rings is 1. The zero-order valence-electron chi connectivity index (χ0n) is 15.7. The normalized spacial score (nSPS) is 15.7. The molecular weight excluding hydrogens is 376 g/mol. The fraction of sp³-hybridized carbons (Fsp3) is 0.500. The Hall–Kier alpha value is -1.30. The Kier molecular flexibility index (Phi) is 8.38. The molecule has 1 rings (SSSR count). The molecule has 0 fully saturated rings. The Balaban J connectivity index is 2.94. The van der Waals surface area contributed by atoms with Crippen LogP contribution in [0.2, 0.25) is 0 Å². The molecule has 1 aromatic carbocycles. The summed E-state index contributed by atoms with van der Waals surface area (Å²) in [4.78, 5) is 0. The Morgan fingerprint density at radius 1 is 0.885 bits per heavy atom. The topological polar surface area (TPSA) is 98.8 Å². The maximum atomic E-state index is 12.2. The average molecular weight is 405 g/mol. The van der Waals surface area contributed by atoms with Crippen molar-refractivity contribution >= 4 is 20.4 Å². The third-order valence-corrected chi connectivity index (χ3v) is 6.72. The van der Waals surface area contributed by atoms with E-state index in [0.717, 1.165) is 14.2 Å². The van der Waals surface area contributed by atoms with Crippen molar-refractivity contribution < 1.29 is 16.8 Å². The molecule has 0 aliphatic rings. The van der Waals surface area contributed by atoms with Crippen molar-refractivity contribution in [1.82, 2.24) is 18.1 Å². The number of nitrogens with zero attached hydrogens (tertiary/aromatic N) is 2. The van der Waals surface area contributed by atoms with Gasteiger partial charge in [0, 0.05) is 40.3 Å². The van der Waals surface area contributed by atoms with Crippen molar-refractivity contribution in [2.75, 3.05) is 28.2 Å². The highest BCUT2D eigenvalue weighted by atomic mass is 32.2. The standard InChI is InChI=1S/C16H28N4O4S2/c1-14(17-25(21,22)19(2)3)11-12-16(18-26(23,24)20(4)5)13-15-9-7-6-8-10-15/h6-12,14,16-18H,13H2,1-5H3/b12-11+/t14-,16+/m0/s1. The summed E-state index contributed by atoms with van der Waals surface area (Å²) in [5.74, 6) is 0. The lowest BCUT2D eigenvalue weighted by atomic mass is 10.1. The first-order chi connectivity index (χ1) is 11.9. The van der Waals surface area contributed by atoms with E-state index in [1.807, 2.05) is 30.3 Å². The van der Waals surface area contributed by atoms with E-state index in [9.17, 15) is 16.8 Å². The largest absolute Gasteiger partial charge is 0.279 e. The monoisotopic (exact) mass is 404 g/mol. The molecule has 0 radical (unpaired) electrons. The minimum atomic E-state index is -3.63. The summed E-state index contributed by atoms with van der Waals surface area (Å²) in [7, 11) is -1.44. The second-order valence-electron chi connectivity index (χ2n) is 6.28. The van der Waals surface area contributed by atoms with E-state index in [0.29, 0.717) is 6.42 Å². The van der Waals surface area contributed by atoms with E-state index >= 15 is 0 Å². The van der Waals surface area contributed by atoms with Gasteiger partial charge in [0.2, 0.25) is 0 Å². The molecule has 0 heterocycles. The van der Waals surface area contributed by atoms with E-state index in [2.05, 4.69) is 9.44 Å². The zero-order chi connectivity index (χ0) is 20.0. The Labute approximate surface area is 157 Å². The third-order valence-electron chi connectivity index (χ3n) is 3.53. The van der Waals surface area contributed by atoms with E-state index < -0.39 is 32.5 Å². The molecule has 2 atom stereocenters. The fourth-order valence-corrected chi connectivity index (χ4v) is 3.51. The van der Waals surface area contributed by atoms with Gasteiger partial charge in [0.05, 0.1) is 0 Å². The van der Waals surface area contributed by atoms with Gasteiger partial charge in [-0.15, -0.1) is 0 Å². The molecule has 0 saturated carbocycles. The van der Waals surface area contributed by atoms with Gasteiger partial charge in [0.15, 0.2) is 0 Å². The molecule has 0 aromatic heterocycles. The Morgan fingerprint density at radius 3 is 1.88 bits per heavy atom. The van der Waals surface area contributed by atoms with Crippen molar-refractivity contribution in [3.63, 3.8) is 0 Å². The van der Waals surface area contributed by atoms with Crippen LogP contribution in [0.15, 0.2) is 42.5 Å². The van der Waals surface area contributed by atoms with Crippen molar-refractivity contribution in [2.45, 2.75) is 25.4 Å². The van der Waals surface area contributed by atoms with Crippen LogP contribution in [0.1, 0.15) is 12.5 Å². The summed E-state index contributed by atoms with van der Waals surface area (Å²) in [5.41, 5.74) is 0.963. The number of rotatable bonds is 10. The van der Waals surface area contributed by atoms with Gasteiger partial charge in [-0.1, -0.05) is 42.5 Å². The zero-order valence-corrected chi connectivity index (χ0v) is 17.4. The molecule has 0 spiro atoms. The number of nitrogens with one attached hydrogen (secondary N) is 2. The van der Waals surface area contributed by atoms with Gasteiger partial charge in [0.1, 0.15) is 0 Å². The van der Waals surface area contributed by atoms with Crippen molar-refractivity contribution in [3.05, 3.63) is 48.0 Å². The van der Waals surface area contributed by atoms with Gasteiger partial charge in [-0.25, -0.2) is 0 Å². The van der Waals surface area contributed by atoms with Crippen LogP contribution < -0.4 is 9.44 Å². The molecule has 0 bridgehead atoms. The van der Waals surface area contributed by atoms with E-state index in [-0.39, 0.29) is 0 Å². The van der Waals surface area contributed by atoms with Gasteiger partial charge < -0.3 is 0 Å². The summed E-state index contributed by atoms with van der Waals surface area (Å²) in [6.45, 7) is 1.68. The smallest absolute Gasteiger partial charge is 0.196 e. The lowest BCUT2D eigenvalue weighted by molar-refractivity contribution is 0.495. The summed E-state index contributed by atoms with van der Waals surface area (Å²) < 4.78 is 55.3. The molecule has 0 aliphatic carbocycles. The minimum absolute atomic E-state index is 0.442. The SMILES string of the molecule is C[C@@H](/C=C/[C@H](Cc1ccccc1)NS(=O)(=O)N(C)C)NS(=O)(=O)N(C)C. The highest BCUT2D eigenvalue weighted by Gasteiger charge is 2.19. The highest BCUT2D eigenvalue weighted by molar-refractivity contribution is 7.87. The van der Waals surface area contributed by atoms with Crippen LogP contribution in [0.5, 0.6) is 0 Å². The molecule has 10 heteroatoms. The lowest BCUT2D eigenvalue weighted by Crippen LogP contribution is -2.43. The summed E-state index contributed by atoms with van der Waals surface area (Å²) in [6.07, 6.45) is 3.74. The van der Waals surface area contributed by atoms with Crippen molar-refractivity contribution in [3.8, 4) is 0 Å². The first kappa shape index (κ1) is 22.7. The van der Waals surface area contributed by atoms with Crippen molar-refractivity contribution in [2.24, 2.45) is 0 Å². The second kappa shape index (κ2) is 9.58. The first-order valence-electron chi connectivity index (χ1n) is 8.06. The maximum absolute atomic E-state index is 12.2. The average Bonchev–Trinajstić information content (AvgIpc) is 2.52. The quantitative estimate of drug-likeness (QED) is 0.549. The van der Waals surface area contributed by atoms with Crippen LogP contribution in [-0.2, 0) is 26.8 Å². The Morgan fingerprint density at radius 2 is 1.38 bits per heavy atom. The third kappa shape index (κ3) is 7.52. The number of hydrogen-bond donors (Lipinski definition) is 2. The van der Waals surface area contributed by atoms with Gasteiger partial charge in [-0.2, -0.15) is 34.9 Å². The molecule has 8 nitrogen and oxygen atoms in total. The molecule has 148 valence electrons. The van der Waals surface area contributed by atoms with Crippen molar-refractivity contribution in [1.29, 1.82) is 0 Å². The van der Waals surface area contributed by atoms with Gasteiger partial charge in [-0.05, 0) is 18.9 Å². The summed E-state index contributed by atoms with van der Waals surface area (Å²) in [6, 6.07) is 8.44. The lowest BCUT2D eigenvalue weighted by Gasteiger charge is -2.20. The second-order valence-corrected chi connectivity index (χ2v) is 10.1. The van der Waals surface area contributed by atoms with E-state index in [4.69, 9.17) is 0 Å². The molecule has 2 N–H and O–H groups in total. The van der Waals surface area contributed by atoms with Crippen LogP contribution in [0.4, 0.5) is 0 Å². The van der Waals surface area contributed by atoms with Crippen LogP contribution in [-0.4, -0.2) is 65.7 Å². The molecule has 26 heavy (non-hydrogen) atoms.